The second-order valence-electron chi connectivity index (χ2n) is 4.67. The molecule has 4 nitrogen and oxygen atoms in total. The fourth-order valence-electron chi connectivity index (χ4n) is 1.69. The zero-order valence-electron chi connectivity index (χ0n) is 12.0. The van der Waals surface area contributed by atoms with Gasteiger partial charge in [0.2, 0.25) is 0 Å². The second kappa shape index (κ2) is 7.44. The van der Waals surface area contributed by atoms with Crippen molar-refractivity contribution in [2.24, 2.45) is 0 Å². The lowest BCUT2D eigenvalue weighted by molar-refractivity contribution is -0.123. The van der Waals surface area contributed by atoms with Gasteiger partial charge in [-0.1, -0.05) is 23.2 Å². The van der Waals surface area contributed by atoms with Crippen LogP contribution in [0.5, 0.6) is 0 Å². The summed E-state index contributed by atoms with van der Waals surface area (Å²) < 4.78 is 17.8. The third-order valence-electron chi connectivity index (χ3n) is 2.92. The molecule has 0 saturated heterocycles. The largest absolute Gasteiger partial charge is 0.449 e. The molecule has 2 aromatic carbocycles. The van der Waals surface area contributed by atoms with Gasteiger partial charge in [0.15, 0.2) is 6.10 Å². The molecule has 0 radical (unpaired) electrons. The number of hydrogen-bond donors (Lipinski definition) is 1. The quantitative estimate of drug-likeness (QED) is 0.831. The molecule has 2 aromatic rings. The number of ether oxygens (including phenoxy) is 1. The van der Waals surface area contributed by atoms with E-state index in [9.17, 15) is 14.0 Å². The molecule has 0 heterocycles. The molecule has 1 amide bonds. The minimum absolute atomic E-state index is 0.149. The summed E-state index contributed by atoms with van der Waals surface area (Å²) in [5, 5.41) is 3.24. The molecule has 0 spiro atoms. The SMILES string of the molecule is C[C@H](OC(=O)c1ccc(F)cc1)C(=O)Nc1ccc(Cl)cc1Cl. The predicted molar refractivity (Wildman–Crippen MR) is 86.4 cm³/mol. The molecule has 23 heavy (non-hydrogen) atoms. The maximum atomic E-state index is 12.8. The first-order chi connectivity index (χ1) is 10.9. The lowest BCUT2D eigenvalue weighted by Gasteiger charge is -2.14. The average Bonchev–Trinajstić information content (AvgIpc) is 2.50. The van der Waals surface area contributed by atoms with E-state index in [1.54, 1.807) is 6.07 Å². The topological polar surface area (TPSA) is 55.4 Å². The lowest BCUT2D eigenvalue weighted by atomic mass is 10.2. The number of esters is 1. The summed E-state index contributed by atoms with van der Waals surface area (Å²) in [6, 6.07) is 9.41. The molecule has 120 valence electrons. The van der Waals surface area contributed by atoms with Crippen LogP contribution in [0.4, 0.5) is 10.1 Å². The fourth-order valence-corrected chi connectivity index (χ4v) is 2.15. The van der Waals surface area contributed by atoms with Crippen LogP contribution in [0.1, 0.15) is 17.3 Å². The molecule has 0 unspecified atom stereocenters. The van der Waals surface area contributed by atoms with Crippen molar-refractivity contribution in [1.82, 2.24) is 0 Å². The number of amides is 1. The van der Waals surface area contributed by atoms with Crippen LogP contribution in [0.25, 0.3) is 0 Å². The highest BCUT2D eigenvalue weighted by molar-refractivity contribution is 6.36. The van der Waals surface area contributed by atoms with Crippen molar-refractivity contribution in [2.45, 2.75) is 13.0 Å². The summed E-state index contributed by atoms with van der Waals surface area (Å²) in [5.41, 5.74) is 0.501. The van der Waals surface area contributed by atoms with Crippen LogP contribution < -0.4 is 5.32 Å². The smallest absolute Gasteiger partial charge is 0.338 e. The summed E-state index contributed by atoms with van der Waals surface area (Å²) in [7, 11) is 0. The van der Waals surface area contributed by atoms with Crippen LogP contribution in [0, 0.1) is 5.82 Å². The van der Waals surface area contributed by atoms with E-state index in [0.717, 1.165) is 12.1 Å². The Balaban J connectivity index is 1.99. The molecule has 1 atom stereocenters. The van der Waals surface area contributed by atoms with Crippen LogP contribution in [0.3, 0.4) is 0 Å². The summed E-state index contributed by atoms with van der Waals surface area (Å²) in [6.45, 7) is 1.42. The number of halogens is 3. The van der Waals surface area contributed by atoms with Crippen molar-refractivity contribution in [3.63, 3.8) is 0 Å². The molecule has 0 saturated carbocycles. The number of rotatable bonds is 4. The minimum Gasteiger partial charge on any atom is -0.449 e. The summed E-state index contributed by atoms with van der Waals surface area (Å²) in [6.07, 6.45) is -1.06. The van der Waals surface area contributed by atoms with Crippen molar-refractivity contribution in [1.29, 1.82) is 0 Å². The van der Waals surface area contributed by atoms with E-state index in [-0.39, 0.29) is 10.6 Å². The van der Waals surface area contributed by atoms with Gasteiger partial charge in [0.25, 0.3) is 5.91 Å². The number of anilines is 1. The monoisotopic (exact) mass is 355 g/mol. The highest BCUT2D eigenvalue weighted by Crippen LogP contribution is 2.25. The third kappa shape index (κ3) is 4.68. The number of benzene rings is 2. The lowest BCUT2D eigenvalue weighted by Crippen LogP contribution is -2.30. The van der Waals surface area contributed by atoms with Crippen molar-refractivity contribution in [2.75, 3.05) is 5.32 Å². The maximum Gasteiger partial charge on any atom is 0.338 e. The number of carbonyl (C=O) groups is 2. The van der Waals surface area contributed by atoms with Gasteiger partial charge in [0.05, 0.1) is 16.3 Å². The van der Waals surface area contributed by atoms with E-state index < -0.39 is 23.8 Å². The molecular formula is C16H12Cl2FNO3. The van der Waals surface area contributed by atoms with Gasteiger partial charge >= 0.3 is 5.97 Å². The Kier molecular flexibility index (Phi) is 5.58. The first-order valence-electron chi connectivity index (χ1n) is 6.59. The Morgan fingerprint density at radius 1 is 1.13 bits per heavy atom. The highest BCUT2D eigenvalue weighted by Gasteiger charge is 2.19. The van der Waals surface area contributed by atoms with Gasteiger partial charge in [-0.2, -0.15) is 0 Å². The first-order valence-corrected chi connectivity index (χ1v) is 7.35. The van der Waals surface area contributed by atoms with Crippen LogP contribution in [0.2, 0.25) is 10.0 Å². The Bertz CT molecular complexity index is 735. The van der Waals surface area contributed by atoms with Gasteiger partial charge in [0.1, 0.15) is 5.82 Å². The molecular weight excluding hydrogens is 344 g/mol. The van der Waals surface area contributed by atoms with E-state index in [0.29, 0.717) is 10.7 Å². The molecule has 0 aliphatic heterocycles. The van der Waals surface area contributed by atoms with E-state index in [2.05, 4.69) is 5.32 Å². The van der Waals surface area contributed by atoms with Crippen LogP contribution >= 0.6 is 23.2 Å². The zero-order valence-corrected chi connectivity index (χ0v) is 13.5. The molecule has 0 aliphatic rings. The van der Waals surface area contributed by atoms with Crippen molar-refractivity contribution >= 4 is 40.8 Å². The molecule has 0 bridgehead atoms. The predicted octanol–water partition coefficient (Wildman–Crippen LogP) is 4.32. The number of carbonyl (C=O) groups excluding carboxylic acids is 2. The highest BCUT2D eigenvalue weighted by atomic mass is 35.5. The average molecular weight is 356 g/mol. The van der Waals surface area contributed by atoms with Gasteiger partial charge in [-0.3, -0.25) is 4.79 Å². The van der Waals surface area contributed by atoms with E-state index in [1.807, 2.05) is 0 Å². The second-order valence-corrected chi connectivity index (χ2v) is 5.51. The number of hydrogen-bond acceptors (Lipinski definition) is 3. The van der Waals surface area contributed by atoms with Crippen LogP contribution in [0.15, 0.2) is 42.5 Å². The van der Waals surface area contributed by atoms with Crippen molar-refractivity contribution in [3.05, 3.63) is 63.9 Å². The van der Waals surface area contributed by atoms with Gasteiger partial charge < -0.3 is 10.1 Å². The van der Waals surface area contributed by atoms with Crippen molar-refractivity contribution in [3.8, 4) is 0 Å². The molecule has 1 N–H and O–H groups in total. The maximum absolute atomic E-state index is 12.8. The van der Waals surface area contributed by atoms with Gasteiger partial charge in [0, 0.05) is 5.02 Å². The number of nitrogens with one attached hydrogen (secondary N) is 1. The van der Waals surface area contributed by atoms with E-state index in [4.69, 9.17) is 27.9 Å². The Hall–Kier alpha value is -2.11. The fraction of sp³-hybridized carbons (Fsp3) is 0.125. The Labute approximate surface area is 142 Å². The van der Waals surface area contributed by atoms with Crippen LogP contribution in [-0.4, -0.2) is 18.0 Å². The van der Waals surface area contributed by atoms with Gasteiger partial charge in [-0.25, -0.2) is 9.18 Å². The zero-order chi connectivity index (χ0) is 17.0. The third-order valence-corrected chi connectivity index (χ3v) is 3.47. The summed E-state index contributed by atoms with van der Waals surface area (Å²) in [4.78, 5) is 23.9. The Morgan fingerprint density at radius 2 is 1.78 bits per heavy atom. The molecule has 0 fully saturated rings. The summed E-state index contributed by atoms with van der Waals surface area (Å²) in [5.74, 6) is -1.75. The normalized spacial score (nSPS) is 11.7. The van der Waals surface area contributed by atoms with Crippen molar-refractivity contribution < 1.29 is 18.7 Å². The van der Waals surface area contributed by atoms with Gasteiger partial charge in [-0.05, 0) is 49.4 Å². The Morgan fingerprint density at radius 3 is 2.39 bits per heavy atom. The molecule has 2 rings (SSSR count). The summed E-state index contributed by atoms with van der Waals surface area (Å²) >= 11 is 11.7. The van der Waals surface area contributed by atoms with E-state index >= 15 is 0 Å². The molecule has 7 heteroatoms. The molecule has 0 aliphatic carbocycles. The minimum atomic E-state index is -1.06. The van der Waals surface area contributed by atoms with Crippen LogP contribution in [-0.2, 0) is 9.53 Å². The van der Waals surface area contributed by atoms with E-state index in [1.165, 1.54) is 31.2 Å². The van der Waals surface area contributed by atoms with Gasteiger partial charge in [-0.15, -0.1) is 0 Å². The first kappa shape index (κ1) is 17.2. The standard InChI is InChI=1S/C16H12Cl2FNO3/c1-9(23-16(22)10-2-5-12(19)6-3-10)15(21)20-14-7-4-11(17)8-13(14)18/h2-9H,1H3,(H,20,21)/t9-/m0/s1. The molecule has 0 aromatic heterocycles.